The first kappa shape index (κ1) is 11.6. The van der Waals surface area contributed by atoms with Crippen LogP contribution in [0.2, 0.25) is 5.02 Å². The van der Waals surface area contributed by atoms with Gasteiger partial charge in [-0.1, -0.05) is 29.8 Å². The third-order valence-corrected chi connectivity index (χ3v) is 3.91. The van der Waals surface area contributed by atoms with Gasteiger partial charge < -0.3 is 10.6 Å². The molecule has 3 nitrogen and oxygen atoms in total. The number of rotatable bonds is 1. The van der Waals surface area contributed by atoms with E-state index in [4.69, 9.17) is 11.6 Å². The Labute approximate surface area is 111 Å². The topological polar surface area (TPSA) is 41.1 Å². The lowest BCUT2D eigenvalue weighted by Crippen LogP contribution is -2.49. The van der Waals surface area contributed by atoms with Gasteiger partial charge in [0.1, 0.15) is 0 Å². The molecule has 1 heterocycles. The lowest BCUT2D eigenvalue weighted by molar-refractivity contribution is 0.220. The van der Waals surface area contributed by atoms with E-state index in [1.165, 1.54) is 6.42 Å². The van der Waals surface area contributed by atoms with E-state index in [-0.39, 0.29) is 12.1 Å². The summed E-state index contributed by atoms with van der Waals surface area (Å²) in [4.78, 5) is 11.7. The fraction of sp³-hybridized carbons (Fsp3) is 0.357. The van der Waals surface area contributed by atoms with Crippen LogP contribution >= 0.6 is 11.6 Å². The number of nitrogens with one attached hydrogen (secondary N) is 2. The molecule has 2 amide bonds. The number of fused-ring (bicyclic) bond motifs is 1. The van der Waals surface area contributed by atoms with Crippen molar-refractivity contribution < 1.29 is 4.79 Å². The van der Waals surface area contributed by atoms with Crippen LogP contribution in [-0.2, 0) is 0 Å². The molecule has 0 saturated carbocycles. The standard InChI is InChI=1S/C14H15ClN2O/c15-10-7-5-9(6-8-10)13-11-3-1-2-4-12(11)16-14(18)17-13/h4-8,11,13H,1-3H2,(H2,16,17,18)/t11-,13+/m0/s1. The van der Waals surface area contributed by atoms with E-state index in [0.717, 1.165) is 29.1 Å². The summed E-state index contributed by atoms with van der Waals surface area (Å²) in [6.07, 6.45) is 5.48. The summed E-state index contributed by atoms with van der Waals surface area (Å²) >= 11 is 5.91. The number of hydrogen-bond acceptors (Lipinski definition) is 1. The second kappa shape index (κ2) is 4.65. The summed E-state index contributed by atoms with van der Waals surface area (Å²) in [7, 11) is 0. The molecular formula is C14H15ClN2O. The Balaban J connectivity index is 1.94. The van der Waals surface area contributed by atoms with Crippen LogP contribution in [0.1, 0.15) is 30.9 Å². The van der Waals surface area contributed by atoms with Crippen LogP contribution in [0.4, 0.5) is 4.79 Å². The van der Waals surface area contributed by atoms with Gasteiger partial charge in [0.05, 0.1) is 6.04 Å². The first-order valence-electron chi connectivity index (χ1n) is 6.27. The molecule has 1 aromatic carbocycles. The van der Waals surface area contributed by atoms with Gasteiger partial charge in [-0.05, 0) is 37.0 Å². The minimum Gasteiger partial charge on any atom is -0.330 e. The van der Waals surface area contributed by atoms with Crippen molar-refractivity contribution in [3.63, 3.8) is 0 Å². The normalized spacial score (nSPS) is 26.7. The van der Waals surface area contributed by atoms with Crippen molar-refractivity contribution in [3.05, 3.63) is 46.6 Å². The molecule has 0 spiro atoms. The summed E-state index contributed by atoms with van der Waals surface area (Å²) in [6.45, 7) is 0. The van der Waals surface area contributed by atoms with Crippen molar-refractivity contribution in [1.29, 1.82) is 0 Å². The van der Waals surface area contributed by atoms with E-state index in [1.807, 2.05) is 24.3 Å². The van der Waals surface area contributed by atoms with Crippen molar-refractivity contribution in [1.82, 2.24) is 10.6 Å². The number of carbonyl (C=O) groups excluding carboxylic acids is 1. The number of halogens is 1. The molecule has 1 aliphatic heterocycles. The van der Waals surface area contributed by atoms with Gasteiger partial charge in [-0.2, -0.15) is 0 Å². The molecule has 94 valence electrons. The van der Waals surface area contributed by atoms with Crippen molar-refractivity contribution in [2.75, 3.05) is 0 Å². The second-order valence-electron chi connectivity index (χ2n) is 4.82. The Kier molecular flexibility index (Phi) is 3.00. The van der Waals surface area contributed by atoms with E-state index in [0.29, 0.717) is 5.92 Å². The molecule has 1 aliphatic carbocycles. The van der Waals surface area contributed by atoms with Gasteiger partial charge in [0.15, 0.2) is 0 Å². The van der Waals surface area contributed by atoms with Crippen LogP contribution in [-0.4, -0.2) is 6.03 Å². The molecule has 3 rings (SSSR count). The Morgan fingerprint density at radius 2 is 2.00 bits per heavy atom. The number of allylic oxidation sites excluding steroid dienone is 1. The average molecular weight is 263 g/mol. The monoisotopic (exact) mass is 262 g/mol. The van der Waals surface area contributed by atoms with Crippen molar-refractivity contribution in [2.45, 2.75) is 25.3 Å². The predicted octanol–water partition coefficient (Wildman–Crippen LogP) is 3.38. The van der Waals surface area contributed by atoms with Gasteiger partial charge in [-0.15, -0.1) is 0 Å². The lowest BCUT2D eigenvalue weighted by atomic mass is 9.82. The smallest absolute Gasteiger partial charge is 0.319 e. The van der Waals surface area contributed by atoms with E-state index in [1.54, 1.807) is 0 Å². The number of amides is 2. The fourth-order valence-electron chi connectivity index (χ4n) is 2.79. The van der Waals surface area contributed by atoms with Crippen LogP contribution < -0.4 is 10.6 Å². The number of hydrogen-bond donors (Lipinski definition) is 2. The van der Waals surface area contributed by atoms with Gasteiger partial charge in [-0.3, -0.25) is 0 Å². The Bertz CT molecular complexity index is 495. The quantitative estimate of drug-likeness (QED) is 0.800. The first-order valence-corrected chi connectivity index (χ1v) is 6.65. The number of carbonyl (C=O) groups is 1. The summed E-state index contributed by atoms with van der Waals surface area (Å²) < 4.78 is 0. The molecular weight excluding hydrogens is 248 g/mol. The highest BCUT2D eigenvalue weighted by molar-refractivity contribution is 6.30. The average Bonchev–Trinajstić information content (AvgIpc) is 2.38. The summed E-state index contributed by atoms with van der Waals surface area (Å²) in [5.74, 6) is 0.359. The van der Waals surface area contributed by atoms with E-state index < -0.39 is 0 Å². The zero-order valence-corrected chi connectivity index (χ0v) is 10.7. The van der Waals surface area contributed by atoms with Crippen molar-refractivity contribution in [2.24, 2.45) is 5.92 Å². The molecule has 2 atom stereocenters. The molecule has 1 aromatic rings. The molecule has 18 heavy (non-hydrogen) atoms. The van der Waals surface area contributed by atoms with E-state index >= 15 is 0 Å². The molecule has 0 aromatic heterocycles. The van der Waals surface area contributed by atoms with Crippen LogP contribution in [0, 0.1) is 5.92 Å². The van der Waals surface area contributed by atoms with Crippen molar-refractivity contribution in [3.8, 4) is 0 Å². The summed E-state index contributed by atoms with van der Waals surface area (Å²) in [6, 6.07) is 7.67. The molecule has 0 bridgehead atoms. The molecule has 4 heteroatoms. The highest BCUT2D eigenvalue weighted by atomic mass is 35.5. The van der Waals surface area contributed by atoms with Gasteiger partial charge in [-0.25, -0.2) is 4.79 Å². The maximum absolute atomic E-state index is 11.7. The van der Waals surface area contributed by atoms with Crippen LogP contribution in [0.15, 0.2) is 36.0 Å². The first-order chi connectivity index (χ1) is 8.74. The maximum Gasteiger partial charge on any atom is 0.319 e. The Morgan fingerprint density at radius 1 is 1.22 bits per heavy atom. The molecule has 1 saturated heterocycles. The Morgan fingerprint density at radius 3 is 2.78 bits per heavy atom. The number of urea groups is 1. The van der Waals surface area contributed by atoms with Crippen LogP contribution in [0.5, 0.6) is 0 Å². The van der Waals surface area contributed by atoms with E-state index in [2.05, 4.69) is 16.7 Å². The third-order valence-electron chi connectivity index (χ3n) is 3.66. The molecule has 2 N–H and O–H groups in total. The minimum absolute atomic E-state index is 0.0579. The van der Waals surface area contributed by atoms with Gasteiger partial charge in [0, 0.05) is 16.6 Å². The highest BCUT2D eigenvalue weighted by Crippen LogP contribution is 2.36. The predicted molar refractivity (Wildman–Crippen MR) is 71.3 cm³/mol. The number of benzene rings is 1. The summed E-state index contributed by atoms with van der Waals surface area (Å²) in [5.41, 5.74) is 2.19. The van der Waals surface area contributed by atoms with Gasteiger partial charge in [0.25, 0.3) is 0 Å². The minimum atomic E-state index is -0.112. The third kappa shape index (κ3) is 2.10. The summed E-state index contributed by atoms with van der Waals surface area (Å²) in [5, 5.41) is 6.65. The van der Waals surface area contributed by atoms with Crippen molar-refractivity contribution >= 4 is 17.6 Å². The van der Waals surface area contributed by atoms with Crippen LogP contribution in [0.3, 0.4) is 0 Å². The molecule has 2 aliphatic rings. The Hall–Kier alpha value is -1.48. The SMILES string of the molecule is O=C1NC2=CCCC[C@@H]2[C@@H](c2ccc(Cl)cc2)N1. The largest absolute Gasteiger partial charge is 0.330 e. The van der Waals surface area contributed by atoms with Gasteiger partial charge in [0.2, 0.25) is 0 Å². The zero-order valence-electron chi connectivity index (χ0n) is 9.95. The lowest BCUT2D eigenvalue weighted by Gasteiger charge is -2.37. The zero-order chi connectivity index (χ0) is 12.5. The van der Waals surface area contributed by atoms with Gasteiger partial charge >= 0.3 is 6.03 Å². The molecule has 0 radical (unpaired) electrons. The fourth-order valence-corrected chi connectivity index (χ4v) is 2.91. The second-order valence-corrected chi connectivity index (χ2v) is 5.26. The van der Waals surface area contributed by atoms with Crippen LogP contribution in [0.25, 0.3) is 0 Å². The van der Waals surface area contributed by atoms with E-state index in [9.17, 15) is 4.79 Å². The molecule has 1 fully saturated rings. The maximum atomic E-state index is 11.7. The highest BCUT2D eigenvalue weighted by Gasteiger charge is 2.34. The molecule has 0 unspecified atom stereocenters.